The van der Waals surface area contributed by atoms with Crippen molar-refractivity contribution >= 4 is 17.5 Å². The van der Waals surface area contributed by atoms with Crippen molar-refractivity contribution in [3.63, 3.8) is 0 Å². The van der Waals surface area contributed by atoms with Crippen LogP contribution < -0.4 is 5.32 Å². The predicted octanol–water partition coefficient (Wildman–Crippen LogP) is 4.20. The molecule has 0 radical (unpaired) electrons. The van der Waals surface area contributed by atoms with Crippen molar-refractivity contribution in [2.75, 3.05) is 5.32 Å². The van der Waals surface area contributed by atoms with Crippen LogP contribution >= 0.6 is 0 Å². The molecular formula is C14H18N2O2. The zero-order valence-corrected chi connectivity index (χ0v) is 11.4. The standard InChI is InChI=1S/C14H18N2O2/c1-9-7-11(15-6)12(8-10(9)2)16-13(17)18-14(3,4)5/h7-8H,1-5H3,(H,16,17). The molecule has 4 heteroatoms. The summed E-state index contributed by atoms with van der Waals surface area (Å²) in [7, 11) is 0. The quantitative estimate of drug-likeness (QED) is 0.754. The van der Waals surface area contributed by atoms with Gasteiger partial charge in [0, 0.05) is 5.69 Å². The van der Waals surface area contributed by atoms with E-state index in [1.54, 1.807) is 32.9 Å². The molecule has 0 heterocycles. The van der Waals surface area contributed by atoms with E-state index in [1.165, 1.54) is 0 Å². The highest BCUT2D eigenvalue weighted by molar-refractivity contribution is 5.90. The van der Waals surface area contributed by atoms with Crippen LogP contribution in [0.2, 0.25) is 0 Å². The van der Waals surface area contributed by atoms with Gasteiger partial charge in [-0.3, -0.25) is 0 Å². The van der Waals surface area contributed by atoms with Crippen molar-refractivity contribution in [3.05, 3.63) is 34.7 Å². The van der Waals surface area contributed by atoms with Crippen molar-refractivity contribution < 1.29 is 9.53 Å². The number of nitrogens with zero attached hydrogens (tertiary/aromatic N) is 1. The van der Waals surface area contributed by atoms with Crippen LogP contribution in [0.1, 0.15) is 31.9 Å². The van der Waals surface area contributed by atoms with Gasteiger partial charge in [0.2, 0.25) is 5.69 Å². The minimum absolute atomic E-state index is 0.420. The van der Waals surface area contributed by atoms with Crippen LogP contribution in [-0.2, 0) is 4.74 Å². The Hall–Kier alpha value is -2.02. The average molecular weight is 246 g/mol. The zero-order valence-electron chi connectivity index (χ0n) is 11.4. The van der Waals surface area contributed by atoms with Crippen molar-refractivity contribution in [2.45, 2.75) is 40.2 Å². The van der Waals surface area contributed by atoms with Gasteiger partial charge in [-0.1, -0.05) is 11.6 Å². The van der Waals surface area contributed by atoms with E-state index in [0.29, 0.717) is 11.4 Å². The Morgan fingerprint density at radius 3 is 2.33 bits per heavy atom. The second-order valence-electron chi connectivity index (χ2n) is 5.19. The molecule has 96 valence electrons. The van der Waals surface area contributed by atoms with E-state index in [9.17, 15) is 4.79 Å². The SMILES string of the molecule is [C-]#[N+]c1cc(C)c(C)cc1NC(=O)OC(C)(C)C. The number of carbonyl (C=O) groups excluding carboxylic acids is 1. The number of rotatable bonds is 1. The van der Waals surface area contributed by atoms with Gasteiger partial charge in [0.15, 0.2) is 0 Å². The topological polar surface area (TPSA) is 42.7 Å². The fraction of sp³-hybridized carbons (Fsp3) is 0.429. The van der Waals surface area contributed by atoms with Crippen LogP contribution in [0.5, 0.6) is 0 Å². The molecule has 0 bridgehead atoms. The van der Waals surface area contributed by atoms with E-state index in [1.807, 2.05) is 13.8 Å². The van der Waals surface area contributed by atoms with Crippen LogP contribution in [0.25, 0.3) is 4.85 Å². The zero-order chi connectivity index (χ0) is 13.9. The largest absolute Gasteiger partial charge is 0.444 e. The van der Waals surface area contributed by atoms with Gasteiger partial charge in [-0.15, -0.1) is 0 Å². The van der Waals surface area contributed by atoms with Crippen molar-refractivity contribution in [2.24, 2.45) is 0 Å². The highest BCUT2D eigenvalue weighted by Gasteiger charge is 2.17. The van der Waals surface area contributed by atoms with Crippen molar-refractivity contribution in [1.29, 1.82) is 0 Å². The molecule has 0 fully saturated rings. The summed E-state index contributed by atoms with van der Waals surface area (Å²) in [6, 6.07) is 3.54. The van der Waals surface area contributed by atoms with E-state index in [0.717, 1.165) is 11.1 Å². The van der Waals surface area contributed by atoms with Gasteiger partial charge >= 0.3 is 6.09 Å². The predicted molar refractivity (Wildman–Crippen MR) is 72.0 cm³/mol. The maximum atomic E-state index is 11.7. The van der Waals surface area contributed by atoms with E-state index >= 15 is 0 Å². The van der Waals surface area contributed by atoms with Gasteiger partial charge in [0.05, 0.1) is 6.57 Å². The molecule has 18 heavy (non-hydrogen) atoms. The van der Waals surface area contributed by atoms with Gasteiger partial charge in [-0.2, -0.15) is 0 Å². The molecule has 0 unspecified atom stereocenters. The Morgan fingerprint density at radius 1 is 1.28 bits per heavy atom. The fourth-order valence-electron chi connectivity index (χ4n) is 1.41. The molecule has 0 saturated heterocycles. The highest BCUT2D eigenvalue weighted by atomic mass is 16.6. The Bertz CT molecular complexity index is 508. The fourth-order valence-corrected chi connectivity index (χ4v) is 1.41. The lowest BCUT2D eigenvalue weighted by Gasteiger charge is -2.20. The maximum Gasteiger partial charge on any atom is 0.411 e. The Morgan fingerprint density at radius 2 is 1.83 bits per heavy atom. The number of nitrogens with one attached hydrogen (secondary N) is 1. The molecule has 1 aromatic carbocycles. The molecule has 1 N–H and O–H groups in total. The summed E-state index contributed by atoms with van der Waals surface area (Å²) < 4.78 is 5.16. The van der Waals surface area contributed by atoms with E-state index in [4.69, 9.17) is 11.3 Å². The number of hydrogen-bond acceptors (Lipinski definition) is 2. The van der Waals surface area contributed by atoms with Gasteiger partial charge in [0.25, 0.3) is 0 Å². The number of anilines is 1. The highest BCUT2D eigenvalue weighted by Crippen LogP contribution is 2.29. The van der Waals surface area contributed by atoms with Crippen LogP contribution in [0.15, 0.2) is 12.1 Å². The minimum atomic E-state index is -0.553. The Balaban J connectivity index is 2.95. The van der Waals surface area contributed by atoms with Gasteiger partial charge < -0.3 is 10.1 Å². The number of ether oxygens (including phenoxy) is 1. The number of hydrogen-bond donors (Lipinski definition) is 1. The van der Waals surface area contributed by atoms with Gasteiger partial charge in [0.1, 0.15) is 5.60 Å². The van der Waals surface area contributed by atoms with Gasteiger partial charge in [-0.05, 0) is 46.2 Å². The van der Waals surface area contributed by atoms with Crippen molar-refractivity contribution in [1.82, 2.24) is 0 Å². The van der Waals surface area contributed by atoms with Crippen LogP contribution in [-0.4, -0.2) is 11.7 Å². The average Bonchev–Trinajstić information content (AvgIpc) is 2.20. The lowest BCUT2D eigenvalue weighted by molar-refractivity contribution is 0.0636. The number of carbonyl (C=O) groups is 1. The third kappa shape index (κ3) is 3.77. The molecule has 0 atom stereocenters. The molecular weight excluding hydrogens is 228 g/mol. The second kappa shape index (κ2) is 5.09. The van der Waals surface area contributed by atoms with Crippen LogP contribution in [0.3, 0.4) is 0 Å². The number of amides is 1. The smallest absolute Gasteiger partial charge is 0.411 e. The lowest BCUT2D eigenvalue weighted by Crippen LogP contribution is -2.27. The molecule has 0 spiro atoms. The molecule has 1 amide bonds. The van der Waals surface area contributed by atoms with Crippen molar-refractivity contribution in [3.8, 4) is 0 Å². The lowest BCUT2D eigenvalue weighted by atomic mass is 10.1. The number of benzene rings is 1. The maximum absolute atomic E-state index is 11.7. The van der Waals surface area contributed by atoms with Crippen LogP contribution in [0.4, 0.5) is 16.2 Å². The summed E-state index contributed by atoms with van der Waals surface area (Å²) in [6.45, 7) is 16.4. The third-order valence-electron chi connectivity index (χ3n) is 2.37. The summed E-state index contributed by atoms with van der Waals surface area (Å²) in [4.78, 5) is 15.1. The summed E-state index contributed by atoms with van der Waals surface area (Å²) in [5.74, 6) is 0. The Kier molecular flexibility index (Phi) is 3.97. The molecule has 0 aliphatic carbocycles. The molecule has 0 saturated carbocycles. The summed E-state index contributed by atoms with van der Waals surface area (Å²) >= 11 is 0. The summed E-state index contributed by atoms with van der Waals surface area (Å²) in [6.07, 6.45) is -0.546. The van der Waals surface area contributed by atoms with E-state index < -0.39 is 11.7 Å². The van der Waals surface area contributed by atoms with E-state index in [2.05, 4.69) is 10.2 Å². The normalized spacial score (nSPS) is 10.7. The third-order valence-corrected chi connectivity index (χ3v) is 2.37. The monoisotopic (exact) mass is 246 g/mol. The van der Waals surface area contributed by atoms with Crippen LogP contribution in [0, 0.1) is 20.4 Å². The van der Waals surface area contributed by atoms with E-state index in [-0.39, 0.29) is 0 Å². The molecule has 0 aliphatic rings. The second-order valence-corrected chi connectivity index (χ2v) is 5.19. The molecule has 4 nitrogen and oxygen atoms in total. The minimum Gasteiger partial charge on any atom is -0.444 e. The first kappa shape index (κ1) is 14.0. The molecule has 1 aromatic rings. The summed E-state index contributed by atoms with van der Waals surface area (Å²) in [5.41, 5.74) is 2.40. The summed E-state index contributed by atoms with van der Waals surface area (Å²) in [5, 5.41) is 2.61. The molecule has 1 rings (SSSR count). The first-order valence-electron chi connectivity index (χ1n) is 5.71. The number of aryl methyl sites for hydroxylation is 2. The Labute approximate surface area is 108 Å². The molecule has 0 aromatic heterocycles. The van der Waals surface area contributed by atoms with Gasteiger partial charge in [-0.25, -0.2) is 9.64 Å². The first-order chi connectivity index (χ1) is 8.23. The molecule has 0 aliphatic heterocycles. The first-order valence-corrected chi connectivity index (χ1v) is 5.71.